The fourth-order valence-corrected chi connectivity index (χ4v) is 2.72. The van der Waals surface area contributed by atoms with Crippen LogP contribution in [-0.4, -0.2) is 25.1 Å². The highest BCUT2D eigenvalue weighted by molar-refractivity contribution is 6.07. The summed E-state index contributed by atoms with van der Waals surface area (Å²) >= 11 is 0. The number of hydrogen-bond donors (Lipinski definition) is 2. The Morgan fingerprint density at radius 1 is 1.12 bits per heavy atom. The van der Waals surface area contributed by atoms with Crippen molar-refractivity contribution in [2.24, 2.45) is 0 Å². The summed E-state index contributed by atoms with van der Waals surface area (Å²) in [7, 11) is 3.16. The van der Waals surface area contributed by atoms with Gasteiger partial charge in [-0.25, -0.2) is 0 Å². The van der Waals surface area contributed by atoms with Crippen molar-refractivity contribution >= 4 is 16.8 Å². The number of nitrogens with one attached hydrogen (secondary N) is 2. The number of aryl methyl sites for hydroxylation is 1. The first kappa shape index (κ1) is 15.9. The van der Waals surface area contributed by atoms with Gasteiger partial charge in [-0.3, -0.25) is 4.79 Å². The second-order valence-electron chi connectivity index (χ2n) is 5.56. The zero-order chi connectivity index (χ0) is 17.1. The molecular weight excluding hydrogens is 304 g/mol. The van der Waals surface area contributed by atoms with Crippen LogP contribution in [0.25, 0.3) is 10.9 Å². The maximum atomic E-state index is 12.6. The number of benzene rings is 2. The number of ether oxygens (including phenoxy) is 2. The first-order chi connectivity index (χ1) is 11.6. The number of H-pyrrole nitrogens is 1. The Kier molecular flexibility index (Phi) is 4.42. The average Bonchev–Trinajstić information content (AvgIpc) is 3.02. The number of aromatic nitrogens is 1. The van der Waals surface area contributed by atoms with Crippen LogP contribution in [-0.2, 0) is 6.54 Å². The van der Waals surface area contributed by atoms with E-state index < -0.39 is 0 Å². The van der Waals surface area contributed by atoms with Crippen molar-refractivity contribution in [3.63, 3.8) is 0 Å². The van der Waals surface area contributed by atoms with E-state index in [4.69, 9.17) is 9.47 Å². The quantitative estimate of drug-likeness (QED) is 0.756. The van der Waals surface area contributed by atoms with Crippen molar-refractivity contribution in [3.8, 4) is 11.5 Å². The van der Waals surface area contributed by atoms with Gasteiger partial charge in [0.2, 0.25) is 0 Å². The van der Waals surface area contributed by atoms with Gasteiger partial charge in [0.15, 0.2) is 11.5 Å². The Balaban J connectivity index is 1.86. The number of carbonyl (C=O) groups is 1. The van der Waals surface area contributed by atoms with Crippen LogP contribution in [0.1, 0.15) is 21.5 Å². The molecule has 0 unspecified atom stereocenters. The van der Waals surface area contributed by atoms with Crippen molar-refractivity contribution in [2.45, 2.75) is 13.5 Å². The molecule has 0 aliphatic carbocycles. The lowest BCUT2D eigenvalue weighted by Gasteiger charge is -2.09. The lowest BCUT2D eigenvalue weighted by Crippen LogP contribution is -2.22. The van der Waals surface area contributed by atoms with Crippen LogP contribution in [0.4, 0.5) is 0 Å². The lowest BCUT2D eigenvalue weighted by atomic mass is 10.1. The van der Waals surface area contributed by atoms with Gasteiger partial charge in [-0.15, -0.1) is 0 Å². The highest BCUT2D eigenvalue weighted by atomic mass is 16.5. The van der Waals surface area contributed by atoms with E-state index in [-0.39, 0.29) is 5.91 Å². The number of fused-ring (bicyclic) bond motifs is 1. The van der Waals surface area contributed by atoms with Gasteiger partial charge in [0.1, 0.15) is 0 Å². The largest absolute Gasteiger partial charge is 0.493 e. The standard InChI is InChI=1S/C19H20N2O3/c1-12-6-4-5-7-13(12)10-21-19(22)15-11-20-16-9-18(24-3)17(23-2)8-14(15)16/h4-9,11,20H,10H2,1-3H3,(H,21,22). The summed E-state index contributed by atoms with van der Waals surface area (Å²) in [6, 6.07) is 11.6. The van der Waals surface area contributed by atoms with Crippen molar-refractivity contribution in [1.29, 1.82) is 0 Å². The average molecular weight is 324 g/mol. The van der Waals surface area contributed by atoms with Gasteiger partial charge in [-0.2, -0.15) is 0 Å². The van der Waals surface area contributed by atoms with E-state index in [1.54, 1.807) is 20.4 Å². The summed E-state index contributed by atoms with van der Waals surface area (Å²) in [6.45, 7) is 2.52. The predicted molar refractivity (Wildman–Crippen MR) is 93.8 cm³/mol. The summed E-state index contributed by atoms with van der Waals surface area (Å²) in [6.07, 6.45) is 1.71. The minimum atomic E-state index is -0.128. The molecule has 0 radical (unpaired) electrons. The maximum absolute atomic E-state index is 12.6. The Morgan fingerprint density at radius 2 is 1.83 bits per heavy atom. The second-order valence-corrected chi connectivity index (χ2v) is 5.56. The van der Waals surface area contributed by atoms with E-state index in [9.17, 15) is 4.79 Å². The van der Waals surface area contributed by atoms with Gasteiger partial charge < -0.3 is 19.8 Å². The maximum Gasteiger partial charge on any atom is 0.253 e. The molecule has 1 aromatic heterocycles. The smallest absolute Gasteiger partial charge is 0.253 e. The monoisotopic (exact) mass is 324 g/mol. The fraction of sp³-hybridized carbons (Fsp3) is 0.211. The number of amides is 1. The number of hydrogen-bond acceptors (Lipinski definition) is 3. The van der Waals surface area contributed by atoms with Crippen molar-refractivity contribution in [2.75, 3.05) is 14.2 Å². The summed E-state index contributed by atoms with van der Waals surface area (Å²) in [5.74, 6) is 1.09. The van der Waals surface area contributed by atoms with Crippen LogP contribution in [0, 0.1) is 6.92 Å². The van der Waals surface area contributed by atoms with Crippen LogP contribution < -0.4 is 14.8 Å². The summed E-state index contributed by atoms with van der Waals surface area (Å²) < 4.78 is 10.6. The van der Waals surface area contributed by atoms with Crippen molar-refractivity contribution < 1.29 is 14.3 Å². The van der Waals surface area contributed by atoms with Crippen LogP contribution >= 0.6 is 0 Å². The van der Waals surface area contributed by atoms with Crippen molar-refractivity contribution in [3.05, 3.63) is 59.3 Å². The van der Waals surface area contributed by atoms with Gasteiger partial charge >= 0.3 is 0 Å². The molecule has 0 fully saturated rings. The molecule has 0 aliphatic rings. The Bertz CT molecular complexity index is 883. The number of carbonyl (C=O) groups excluding carboxylic acids is 1. The molecule has 124 valence electrons. The normalized spacial score (nSPS) is 10.6. The fourth-order valence-electron chi connectivity index (χ4n) is 2.72. The van der Waals surface area contributed by atoms with Crippen LogP contribution in [0.15, 0.2) is 42.6 Å². The molecule has 2 aromatic carbocycles. The predicted octanol–water partition coefficient (Wildman–Crippen LogP) is 3.42. The lowest BCUT2D eigenvalue weighted by molar-refractivity contribution is 0.0952. The molecule has 0 saturated heterocycles. The van der Waals surface area contributed by atoms with Gasteiger partial charge in [0.25, 0.3) is 5.91 Å². The molecule has 2 N–H and O–H groups in total. The highest BCUT2D eigenvalue weighted by Crippen LogP contribution is 2.33. The third kappa shape index (κ3) is 2.93. The van der Waals surface area contributed by atoms with Crippen LogP contribution in [0.2, 0.25) is 0 Å². The van der Waals surface area contributed by atoms with Crippen LogP contribution in [0.5, 0.6) is 11.5 Å². The molecule has 5 nitrogen and oxygen atoms in total. The molecule has 1 amide bonds. The molecule has 0 atom stereocenters. The first-order valence-electron chi connectivity index (χ1n) is 7.70. The van der Waals surface area contributed by atoms with E-state index in [2.05, 4.69) is 10.3 Å². The molecule has 24 heavy (non-hydrogen) atoms. The SMILES string of the molecule is COc1cc2[nH]cc(C(=O)NCc3ccccc3C)c2cc1OC. The Labute approximate surface area is 140 Å². The Morgan fingerprint density at radius 3 is 2.54 bits per heavy atom. The molecule has 3 aromatic rings. The molecule has 0 aliphatic heterocycles. The zero-order valence-corrected chi connectivity index (χ0v) is 14.0. The van der Waals surface area contributed by atoms with E-state index in [1.807, 2.05) is 43.3 Å². The molecule has 1 heterocycles. The van der Waals surface area contributed by atoms with E-state index in [0.717, 1.165) is 22.0 Å². The minimum absolute atomic E-state index is 0.128. The molecule has 0 spiro atoms. The summed E-state index contributed by atoms with van der Waals surface area (Å²) in [5, 5.41) is 3.77. The summed E-state index contributed by atoms with van der Waals surface area (Å²) in [4.78, 5) is 15.7. The molecular formula is C19H20N2O3. The topological polar surface area (TPSA) is 63.4 Å². The van der Waals surface area contributed by atoms with Gasteiger partial charge in [0.05, 0.1) is 25.3 Å². The Hall–Kier alpha value is -2.95. The highest BCUT2D eigenvalue weighted by Gasteiger charge is 2.15. The van der Waals surface area contributed by atoms with Gasteiger partial charge in [-0.1, -0.05) is 24.3 Å². The van der Waals surface area contributed by atoms with Crippen molar-refractivity contribution in [1.82, 2.24) is 10.3 Å². The number of rotatable bonds is 5. The molecule has 0 bridgehead atoms. The number of aromatic amines is 1. The first-order valence-corrected chi connectivity index (χ1v) is 7.70. The third-order valence-corrected chi connectivity index (χ3v) is 4.13. The summed E-state index contributed by atoms with van der Waals surface area (Å²) in [5.41, 5.74) is 3.67. The zero-order valence-electron chi connectivity index (χ0n) is 14.0. The third-order valence-electron chi connectivity index (χ3n) is 4.13. The molecule has 5 heteroatoms. The minimum Gasteiger partial charge on any atom is -0.493 e. The molecule has 3 rings (SSSR count). The van der Waals surface area contributed by atoms with E-state index >= 15 is 0 Å². The second kappa shape index (κ2) is 6.66. The van der Waals surface area contributed by atoms with Gasteiger partial charge in [-0.05, 0) is 24.1 Å². The van der Waals surface area contributed by atoms with Gasteiger partial charge in [0, 0.05) is 24.2 Å². The number of methoxy groups -OCH3 is 2. The van der Waals surface area contributed by atoms with E-state index in [1.165, 1.54) is 0 Å². The molecule has 0 saturated carbocycles. The van der Waals surface area contributed by atoms with Crippen LogP contribution in [0.3, 0.4) is 0 Å². The van der Waals surface area contributed by atoms with E-state index in [0.29, 0.717) is 23.6 Å².